The van der Waals surface area contributed by atoms with E-state index in [2.05, 4.69) is 99.6 Å². The van der Waals surface area contributed by atoms with Crippen molar-refractivity contribution in [3.05, 3.63) is 96.6 Å². The van der Waals surface area contributed by atoms with E-state index in [1.54, 1.807) is 11.8 Å². The van der Waals surface area contributed by atoms with Gasteiger partial charge in [-0.15, -0.1) is 0 Å². The van der Waals surface area contributed by atoms with E-state index < -0.39 is 0 Å². The average molecular weight is 321 g/mol. The van der Waals surface area contributed by atoms with Gasteiger partial charge in [-0.2, -0.15) is 0 Å². The molecular formula is C22H24S. The van der Waals surface area contributed by atoms with Gasteiger partial charge in [-0.1, -0.05) is 99.3 Å². The average Bonchev–Trinajstić information content (AvgIpc) is 2.57. The van der Waals surface area contributed by atoms with Crippen molar-refractivity contribution in [2.24, 2.45) is 0 Å². The molecule has 0 saturated heterocycles. The monoisotopic (exact) mass is 320 g/mol. The summed E-state index contributed by atoms with van der Waals surface area (Å²) < 4.78 is 0. The highest BCUT2D eigenvalue weighted by atomic mass is 32.2. The highest BCUT2D eigenvalue weighted by Crippen LogP contribution is 2.26. The molecule has 0 aliphatic carbocycles. The lowest BCUT2D eigenvalue weighted by Crippen LogP contribution is -2.10. The van der Waals surface area contributed by atoms with Crippen LogP contribution < -0.4 is 0 Å². The SMILES string of the molecule is CC(C)(C)c1ccccc1.c1ccc(Sc2ccccc2)cc1. The summed E-state index contributed by atoms with van der Waals surface area (Å²) in [4.78, 5) is 2.57. The van der Waals surface area contributed by atoms with E-state index in [4.69, 9.17) is 0 Å². The number of benzene rings is 3. The fourth-order valence-electron chi connectivity index (χ4n) is 2.05. The molecule has 0 fully saturated rings. The van der Waals surface area contributed by atoms with Gasteiger partial charge in [0.2, 0.25) is 0 Å². The van der Waals surface area contributed by atoms with Crippen LogP contribution in [0.15, 0.2) is 101 Å². The molecule has 3 aromatic rings. The Morgan fingerprint density at radius 3 is 1.17 bits per heavy atom. The lowest BCUT2D eigenvalue weighted by atomic mass is 9.87. The smallest absolute Gasteiger partial charge is 0.0122 e. The van der Waals surface area contributed by atoms with Crippen molar-refractivity contribution in [2.75, 3.05) is 0 Å². The molecule has 0 aliphatic rings. The summed E-state index contributed by atoms with van der Waals surface area (Å²) in [6.45, 7) is 6.67. The quantitative estimate of drug-likeness (QED) is 0.499. The summed E-state index contributed by atoms with van der Waals surface area (Å²) in [5.74, 6) is 0. The van der Waals surface area contributed by atoms with E-state index in [1.807, 2.05) is 12.1 Å². The zero-order valence-electron chi connectivity index (χ0n) is 14.1. The summed E-state index contributed by atoms with van der Waals surface area (Å²) in [5.41, 5.74) is 1.69. The first-order valence-electron chi connectivity index (χ1n) is 7.89. The Labute approximate surface area is 144 Å². The van der Waals surface area contributed by atoms with Gasteiger partial charge < -0.3 is 0 Å². The molecule has 0 amide bonds. The molecule has 3 rings (SSSR count). The number of hydrogen-bond donors (Lipinski definition) is 0. The van der Waals surface area contributed by atoms with Crippen molar-refractivity contribution < 1.29 is 0 Å². The first-order chi connectivity index (χ1) is 11.1. The first kappa shape index (κ1) is 17.4. The highest BCUT2D eigenvalue weighted by Gasteiger charge is 2.11. The number of rotatable bonds is 2. The van der Waals surface area contributed by atoms with Gasteiger partial charge in [-0.25, -0.2) is 0 Å². The van der Waals surface area contributed by atoms with Crippen molar-refractivity contribution in [2.45, 2.75) is 36.0 Å². The molecular weight excluding hydrogens is 296 g/mol. The van der Waals surface area contributed by atoms with E-state index >= 15 is 0 Å². The van der Waals surface area contributed by atoms with E-state index in [0.717, 1.165) is 0 Å². The predicted molar refractivity (Wildman–Crippen MR) is 102 cm³/mol. The van der Waals surface area contributed by atoms with Crippen LogP contribution in [0, 0.1) is 0 Å². The van der Waals surface area contributed by atoms with Crippen LogP contribution in [-0.2, 0) is 5.41 Å². The van der Waals surface area contributed by atoms with Gasteiger partial charge >= 0.3 is 0 Å². The second kappa shape index (κ2) is 8.59. The van der Waals surface area contributed by atoms with Crippen LogP contribution in [0.25, 0.3) is 0 Å². The molecule has 0 spiro atoms. The van der Waals surface area contributed by atoms with E-state index in [9.17, 15) is 0 Å². The maximum Gasteiger partial charge on any atom is 0.0122 e. The topological polar surface area (TPSA) is 0 Å². The summed E-state index contributed by atoms with van der Waals surface area (Å²) in [6.07, 6.45) is 0. The summed E-state index contributed by atoms with van der Waals surface area (Å²) in [5, 5.41) is 0. The largest absolute Gasteiger partial charge is 0.0901 e. The Hall–Kier alpha value is -1.99. The third-order valence-electron chi connectivity index (χ3n) is 3.36. The Morgan fingerprint density at radius 2 is 0.870 bits per heavy atom. The van der Waals surface area contributed by atoms with Gasteiger partial charge in [0.05, 0.1) is 0 Å². The Balaban J connectivity index is 0.000000174. The van der Waals surface area contributed by atoms with Gasteiger partial charge in [0, 0.05) is 9.79 Å². The van der Waals surface area contributed by atoms with Crippen molar-refractivity contribution in [1.29, 1.82) is 0 Å². The van der Waals surface area contributed by atoms with Crippen molar-refractivity contribution in [1.82, 2.24) is 0 Å². The standard InChI is InChI=1S/C12H10S.C10H14/c1-3-7-11(8-4-1)13-12-9-5-2-6-10-12;1-10(2,3)9-7-5-4-6-8-9/h1-10H;4-8H,1-3H3. The molecule has 0 heterocycles. The molecule has 1 heteroatoms. The van der Waals surface area contributed by atoms with Crippen molar-refractivity contribution in [3.63, 3.8) is 0 Å². The summed E-state index contributed by atoms with van der Waals surface area (Å²) in [7, 11) is 0. The van der Waals surface area contributed by atoms with E-state index in [-0.39, 0.29) is 0 Å². The molecule has 3 aromatic carbocycles. The lowest BCUT2D eigenvalue weighted by molar-refractivity contribution is 0.590. The van der Waals surface area contributed by atoms with Crippen LogP contribution >= 0.6 is 11.8 Å². The maximum atomic E-state index is 2.22. The molecule has 0 N–H and O–H groups in total. The first-order valence-corrected chi connectivity index (χ1v) is 8.71. The molecule has 118 valence electrons. The third-order valence-corrected chi connectivity index (χ3v) is 4.38. The van der Waals surface area contributed by atoms with Crippen LogP contribution in [0.5, 0.6) is 0 Å². The minimum absolute atomic E-state index is 0.293. The molecule has 0 atom stereocenters. The molecule has 0 saturated carbocycles. The zero-order valence-corrected chi connectivity index (χ0v) is 14.9. The van der Waals surface area contributed by atoms with Gasteiger partial charge in [0.25, 0.3) is 0 Å². The predicted octanol–water partition coefficient (Wildman–Crippen LogP) is 6.82. The maximum absolute atomic E-state index is 2.22. The van der Waals surface area contributed by atoms with Crippen molar-refractivity contribution >= 4 is 11.8 Å². The third kappa shape index (κ3) is 6.33. The molecule has 0 aliphatic heterocycles. The normalized spacial score (nSPS) is 10.6. The van der Waals surface area contributed by atoms with E-state index in [1.165, 1.54) is 15.4 Å². The molecule has 0 bridgehead atoms. The van der Waals surface area contributed by atoms with Crippen LogP contribution in [-0.4, -0.2) is 0 Å². The van der Waals surface area contributed by atoms with Crippen LogP contribution in [0.2, 0.25) is 0 Å². The molecule has 0 radical (unpaired) electrons. The highest BCUT2D eigenvalue weighted by molar-refractivity contribution is 7.99. The van der Waals surface area contributed by atoms with Crippen LogP contribution in [0.4, 0.5) is 0 Å². The second-order valence-corrected chi connectivity index (χ2v) is 7.49. The van der Waals surface area contributed by atoms with Crippen molar-refractivity contribution in [3.8, 4) is 0 Å². The summed E-state index contributed by atoms with van der Waals surface area (Å²) in [6, 6.07) is 31.4. The number of hydrogen-bond acceptors (Lipinski definition) is 1. The lowest BCUT2D eigenvalue weighted by Gasteiger charge is -2.18. The van der Waals surface area contributed by atoms with Gasteiger partial charge in [0.1, 0.15) is 0 Å². The molecule has 0 unspecified atom stereocenters. The fraction of sp³-hybridized carbons (Fsp3) is 0.182. The minimum atomic E-state index is 0.293. The Bertz CT molecular complexity index is 630. The Kier molecular flexibility index (Phi) is 6.49. The van der Waals surface area contributed by atoms with Crippen LogP contribution in [0.1, 0.15) is 26.3 Å². The molecule has 0 nitrogen and oxygen atoms in total. The minimum Gasteiger partial charge on any atom is -0.0901 e. The van der Waals surface area contributed by atoms with E-state index in [0.29, 0.717) is 5.41 Å². The van der Waals surface area contributed by atoms with Gasteiger partial charge in [-0.05, 0) is 35.2 Å². The second-order valence-electron chi connectivity index (χ2n) is 6.34. The Morgan fingerprint density at radius 1 is 0.522 bits per heavy atom. The van der Waals surface area contributed by atoms with Gasteiger partial charge in [0.15, 0.2) is 0 Å². The van der Waals surface area contributed by atoms with Crippen LogP contribution in [0.3, 0.4) is 0 Å². The molecule has 0 aromatic heterocycles. The summed E-state index contributed by atoms with van der Waals surface area (Å²) >= 11 is 1.79. The zero-order chi connectivity index (χ0) is 16.5. The van der Waals surface area contributed by atoms with Gasteiger partial charge in [-0.3, -0.25) is 0 Å². The molecule has 23 heavy (non-hydrogen) atoms. The fourth-order valence-corrected chi connectivity index (χ4v) is 2.91.